The molecule has 0 aromatic carbocycles. The predicted molar refractivity (Wildman–Crippen MR) is 42.7 cm³/mol. The Bertz CT molecular complexity index is 97.3. The van der Waals surface area contributed by atoms with Gasteiger partial charge >= 0.3 is 0 Å². The van der Waals surface area contributed by atoms with Crippen LogP contribution < -0.4 is 0 Å². The van der Waals surface area contributed by atoms with E-state index in [4.69, 9.17) is 0 Å². The lowest BCUT2D eigenvalue weighted by molar-refractivity contribution is 0.0233. The summed E-state index contributed by atoms with van der Waals surface area (Å²) in [5, 5.41) is 9.47. The monoisotopic (exact) mass is 142 g/mol. The van der Waals surface area contributed by atoms with Crippen LogP contribution in [0.25, 0.3) is 0 Å². The maximum atomic E-state index is 9.47. The molecule has 1 saturated carbocycles. The summed E-state index contributed by atoms with van der Waals surface area (Å²) in [7, 11) is 0. The van der Waals surface area contributed by atoms with Gasteiger partial charge in [-0.3, -0.25) is 0 Å². The number of rotatable bonds is 0. The van der Waals surface area contributed by atoms with Crippen LogP contribution in [-0.4, -0.2) is 11.2 Å². The molecule has 0 spiro atoms. The Labute approximate surface area is 63.4 Å². The van der Waals surface area contributed by atoms with E-state index in [0.29, 0.717) is 11.8 Å². The Hall–Kier alpha value is -0.0400. The summed E-state index contributed by atoms with van der Waals surface area (Å²) in [5.74, 6) is 2.01. The standard InChI is InChI=1S/C9H18O/c1-6-4-5-9(10)8(3)7(6)2/h6-10H,4-5H2,1-3H3/t6-,7?,8-,9+/m1/s1. The summed E-state index contributed by atoms with van der Waals surface area (Å²) in [6.07, 6.45) is 2.17. The Morgan fingerprint density at radius 2 is 1.60 bits per heavy atom. The first-order valence-electron chi connectivity index (χ1n) is 4.31. The van der Waals surface area contributed by atoms with Crippen molar-refractivity contribution in [1.29, 1.82) is 0 Å². The Morgan fingerprint density at radius 1 is 1.00 bits per heavy atom. The topological polar surface area (TPSA) is 20.2 Å². The molecule has 1 aliphatic carbocycles. The molecule has 1 N–H and O–H groups in total. The van der Waals surface area contributed by atoms with Crippen LogP contribution in [0, 0.1) is 17.8 Å². The number of aliphatic hydroxyl groups excluding tert-OH is 1. The van der Waals surface area contributed by atoms with E-state index in [2.05, 4.69) is 20.8 Å². The predicted octanol–water partition coefficient (Wildman–Crippen LogP) is 2.05. The van der Waals surface area contributed by atoms with Gasteiger partial charge in [-0.05, 0) is 30.6 Å². The zero-order chi connectivity index (χ0) is 7.72. The van der Waals surface area contributed by atoms with Crippen LogP contribution in [0.15, 0.2) is 0 Å². The van der Waals surface area contributed by atoms with E-state index in [9.17, 15) is 5.11 Å². The highest BCUT2D eigenvalue weighted by Gasteiger charge is 2.29. The third kappa shape index (κ3) is 1.34. The molecule has 0 heterocycles. The second kappa shape index (κ2) is 2.91. The van der Waals surface area contributed by atoms with Crippen LogP contribution >= 0.6 is 0 Å². The van der Waals surface area contributed by atoms with Gasteiger partial charge in [-0.25, -0.2) is 0 Å². The zero-order valence-corrected chi connectivity index (χ0v) is 7.17. The summed E-state index contributed by atoms with van der Waals surface area (Å²) >= 11 is 0. The van der Waals surface area contributed by atoms with Gasteiger partial charge < -0.3 is 5.11 Å². The van der Waals surface area contributed by atoms with Crippen molar-refractivity contribution in [2.75, 3.05) is 0 Å². The van der Waals surface area contributed by atoms with Crippen molar-refractivity contribution in [3.8, 4) is 0 Å². The van der Waals surface area contributed by atoms with Crippen molar-refractivity contribution in [3.05, 3.63) is 0 Å². The molecule has 0 aliphatic heterocycles. The molecule has 1 fully saturated rings. The largest absolute Gasteiger partial charge is 0.393 e. The molecular weight excluding hydrogens is 124 g/mol. The maximum Gasteiger partial charge on any atom is 0.0568 e. The van der Waals surface area contributed by atoms with Crippen LogP contribution in [0.2, 0.25) is 0 Å². The van der Waals surface area contributed by atoms with E-state index in [1.54, 1.807) is 0 Å². The minimum atomic E-state index is -0.0359. The van der Waals surface area contributed by atoms with Gasteiger partial charge in [0.05, 0.1) is 6.10 Å². The van der Waals surface area contributed by atoms with Gasteiger partial charge in [0.25, 0.3) is 0 Å². The quantitative estimate of drug-likeness (QED) is 0.549. The molecule has 60 valence electrons. The maximum absolute atomic E-state index is 9.47. The molecule has 0 amide bonds. The molecule has 4 atom stereocenters. The van der Waals surface area contributed by atoms with Crippen molar-refractivity contribution >= 4 is 0 Å². The molecule has 0 bridgehead atoms. The molecule has 1 nitrogen and oxygen atoms in total. The Balaban J connectivity index is 2.52. The molecule has 1 heteroatoms. The Kier molecular flexibility index (Phi) is 2.35. The van der Waals surface area contributed by atoms with Gasteiger partial charge in [-0.15, -0.1) is 0 Å². The highest BCUT2D eigenvalue weighted by molar-refractivity contribution is 4.80. The van der Waals surface area contributed by atoms with E-state index in [-0.39, 0.29) is 6.10 Å². The van der Waals surface area contributed by atoms with Crippen molar-refractivity contribution in [1.82, 2.24) is 0 Å². The van der Waals surface area contributed by atoms with Crippen molar-refractivity contribution in [2.24, 2.45) is 17.8 Å². The average Bonchev–Trinajstić information content (AvgIpc) is 1.93. The molecule has 0 aromatic rings. The van der Waals surface area contributed by atoms with Gasteiger partial charge in [0.1, 0.15) is 0 Å². The smallest absolute Gasteiger partial charge is 0.0568 e. The summed E-state index contributed by atoms with van der Waals surface area (Å²) in [6.45, 7) is 6.69. The fourth-order valence-corrected chi connectivity index (χ4v) is 1.83. The summed E-state index contributed by atoms with van der Waals surface area (Å²) < 4.78 is 0. The van der Waals surface area contributed by atoms with Gasteiger partial charge in [0.2, 0.25) is 0 Å². The van der Waals surface area contributed by atoms with E-state index in [0.717, 1.165) is 12.3 Å². The van der Waals surface area contributed by atoms with E-state index < -0.39 is 0 Å². The fraction of sp³-hybridized carbons (Fsp3) is 1.00. The zero-order valence-electron chi connectivity index (χ0n) is 7.17. The van der Waals surface area contributed by atoms with E-state index in [1.165, 1.54) is 6.42 Å². The lowest BCUT2D eigenvalue weighted by Gasteiger charge is -2.35. The highest BCUT2D eigenvalue weighted by Crippen LogP contribution is 2.33. The molecular formula is C9H18O. The molecule has 1 unspecified atom stereocenters. The molecule has 0 aromatic heterocycles. The lowest BCUT2D eigenvalue weighted by Crippen LogP contribution is -2.33. The van der Waals surface area contributed by atoms with Crippen molar-refractivity contribution < 1.29 is 5.11 Å². The van der Waals surface area contributed by atoms with Crippen LogP contribution in [0.4, 0.5) is 0 Å². The van der Waals surface area contributed by atoms with Crippen molar-refractivity contribution in [2.45, 2.75) is 39.7 Å². The molecule has 1 aliphatic rings. The average molecular weight is 142 g/mol. The minimum absolute atomic E-state index is 0.0359. The highest BCUT2D eigenvalue weighted by atomic mass is 16.3. The van der Waals surface area contributed by atoms with Crippen LogP contribution in [0.3, 0.4) is 0 Å². The number of hydrogen-bond donors (Lipinski definition) is 1. The minimum Gasteiger partial charge on any atom is -0.393 e. The molecule has 0 radical (unpaired) electrons. The second-order valence-electron chi connectivity index (χ2n) is 3.84. The fourth-order valence-electron chi connectivity index (χ4n) is 1.83. The van der Waals surface area contributed by atoms with Crippen LogP contribution in [0.1, 0.15) is 33.6 Å². The summed E-state index contributed by atoms with van der Waals surface area (Å²) in [4.78, 5) is 0. The third-order valence-electron chi connectivity index (χ3n) is 3.25. The number of aliphatic hydroxyl groups is 1. The van der Waals surface area contributed by atoms with Crippen molar-refractivity contribution in [3.63, 3.8) is 0 Å². The van der Waals surface area contributed by atoms with Gasteiger partial charge in [0, 0.05) is 0 Å². The first-order chi connectivity index (χ1) is 4.63. The first kappa shape index (κ1) is 8.06. The SMILES string of the molecule is CC1[C@H](C)CC[C@H](O)[C@@H]1C. The van der Waals surface area contributed by atoms with E-state index in [1.807, 2.05) is 0 Å². The Morgan fingerprint density at radius 3 is 2.10 bits per heavy atom. The van der Waals surface area contributed by atoms with Crippen LogP contribution in [0.5, 0.6) is 0 Å². The normalized spacial score (nSPS) is 49.2. The molecule has 0 saturated heterocycles. The molecule has 1 rings (SSSR count). The van der Waals surface area contributed by atoms with Gasteiger partial charge in [0.15, 0.2) is 0 Å². The summed E-state index contributed by atoms with van der Waals surface area (Å²) in [6, 6.07) is 0. The second-order valence-corrected chi connectivity index (χ2v) is 3.84. The third-order valence-corrected chi connectivity index (χ3v) is 3.25. The number of hydrogen-bond acceptors (Lipinski definition) is 1. The molecule has 10 heavy (non-hydrogen) atoms. The van der Waals surface area contributed by atoms with Gasteiger partial charge in [-0.1, -0.05) is 20.8 Å². The lowest BCUT2D eigenvalue weighted by atomic mass is 9.73. The summed E-state index contributed by atoms with van der Waals surface area (Å²) in [5.41, 5.74) is 0. The van der Waals surface area contributed by atoms with E-state index >= 15 is 0 Å². The van der Waals surface area contributed by atoms with Gasteiger partial charge in [-0.2, -0.15) is 0 Å². The first-order valence-corrected chi connectivity index (χ1v) is 4.31. The van der Waals surface area contributed by atoms with Crippen LogP contribution in [-0.2, 0) is 0 Å².